The summed E-state index contributed by atoms with van der Waals surface area (Å²) in [7, 11) is 0. The minimum atomic E-state index is -0.163. The van der Waals surface area contributed by atoms with Crippen LogP contribution in [0.25, 0.3) is 0 Å². The molecule has 1 aromatic carbocycles. The van der Waals surface area contributed by atoms with Crippen molar-refractivity contribution in [2.75, 3.05) is 11.4 Å². The number of hydrogen-bond acceptors (Lipinski definition) is 3. The zero-order valence-electron chi connectivity index (χ0n) is 12.0. The Balaban J connectivity index is 1.63. The van der Waals surface area contributed by atoms with Crippen LogP contribution in [0.4, 0.5) is 5.69 Å². The minimum absolute atomic E-state index is 0.0326. The Morgan fingerprint density at radius 2 is 2.00 bits per heavy atom. The molecule has 1 aliphatic carbocycles. The predicted octanol–water partition coefficient (Wildman–Crippen LogP) is 3.08. The summed E-state index contributed by atoms with van der Waals surface area (Å²) in [6.45, 7) is 0.770. The van der Waals surface area contributed by atoms with E-state index < -0.39 is 0 Å². The molecule has 1 fully saturated rings. The number of anilines is 1. The first-order chi connectivity index (χ1) is 10.2. The lowest BCUT2D eigenvalue weighted by Crippen LogP contribution is -2.23. The van der Waals surface area contributed by atoms with E-state index in [4.69, 9.17) is 4.74 Å². The third kappa shape index (κ3) is 3.15. The molecule has 1 unspecified atom stereocenters. The second-order valence-electron chi connectivity index (χ2n) is 5.55. The molecular weight excluding hydrogens is 266 g/mol. The van der Waals surface area contributed by atoms with Gasteiger partial charge in [-0.25, -0.2) is 0 Å². The van der Waals surface area contributed by atoms with Crippen LogP contribution >= 0.6 is 0 Å². The summed E-state index contributed by atoms with van der Waals surface area (Å²) in [6.07, 6.45) is 8.23. The summed E-state index contributed by atoms with van der Waals surface area (Å²) in [5.74, 6) is 0.512. The van der Waals surface area contributed by atoms with Crippen molar-refractivity contribution < 1.29 is 14.3 Å². The zero-order chi connectivity index (χ0) is 14.7. The van der Waals surface area contributed by atoms with Gasteiger partial charge in [0.05, 0.1) is 5.92 Å². The van der Waals surface area contributed by atoms with Gasteiger partial charge >= 0.3 is 5.97 Å². The molecule has 0 saturated carbocycles. The van der Waals surface area contributed by atoms with Gasteiger partial charge in [-0.15, -0.1) is 0 Å². The molecule has 1 aromatic rings. The lowest BCUT2D eigenvalue weighted by atomic mass is 9.95. The lowest BCUT2D eigenvalue weighted by Gasteiger charge is -2.18. The Hall–Kier alpha value is -2.10. The number of hydrogen-bond donors (Lipinski definition) is 0. The van der Waals surface area contributed by atoms with Gasteiger partial charge in [0.1, 0.15) is 5.75 Å². The van der Waals surface area contributed by atoms with E-state index in [1.54, 1.807) is 17.0 Å². The van der Waals surface area contributed by atoms with Gasteiger partial charge in [0, 0.05) is 18.7 Å². The number of benzene rings is 1. The molecule has 2 aliphatic rings. The smallest absolute Gasteiger partial charge is 0.314 e. The maximum atomic E-state index is 12.0. The number of nitrogens with zero attached hydrogens (tertiary/aromatic N) is 1. The fourth-order valence-corrected chi connectivity index (χ4v) is 2.82. The molecule has 4 nitrogen and oxygen atoms in total. The maximum Gasteiger partial charge on any atom is 0.314 e. The van der Waals surface area contributed by atoms with Crippen molar-refractivity contribution in [1.29, 1.82) is 0 Å². The third-order valence-electron chi connectivity index (χ3n) is 4.04. The highest BCUT2D eigenvalue weighted by Gasteiger charge is 2.23. The highest BCUT2D eigenvalue weighted by atomic mass is 16.5. The SMILES string of the molecule is O=C(Oc1ccc(N2CCCC2=O)cc1)C1CC=CCC1. The first kappa shape index (κ1) is 13.9. The Morgan fingerprint density at radius 3 is 2.62 bits per heavy atom. The van der Waals surface area contributed by atoms with Crippen molar-refractivity contribution in [3.05, 3.63) is 36.4 Å². The van der Waals surface area contributed by atoms with Crippen molar-refractivity contribution in [2.45, 2.75) is 32.1 Å². The number of rotatable bonds is 3. The zero-order valence-corrected chi connectivity index (χ0v) is 12.0. The number of esters is 1. The van der Waals surface area contributed by atoms with Crippen LogP contribution in [0.2, 0.25) is 0 Å². The van der Waals surface area contributed by atoms with Crippen LogP contribution in [0.3, 0.4) is 0 Å². The summed E-state index contributed by atoms with van der Waals surface area (Å²) < 4.78 is 5.42. The topological polar surface area (TPSA) is 46.6 Å². The number of carbonyl (C=O) groups excluding carboxylic acids is 2. The molecule has 3 rings (SSSR count). The van der Waals surface area contributed by atoms with E-state index in [0.717, 1.165) is 37.9 Å². The van der Waals surface area contributed by atoms with E-state index in [9.17, 15) is 9.59 Å². The maximum absolute atomic E-state index is 12.0. The summed E-state index contributed by atoms with van der Waals surface area (Å²) >= 11 is 0. The van der Waals surface area contributed by atoms with Crippen LogP contribution in [0.1, 0.15) is 32.1 Å². The average Bonchev–Trinajstić information content (AvgIpc) is 2.95. The van der Waals surface area contributed by atoms with E-state index >= 15 is 0 Å². The Kier molecular flexibility index (Phi) is 4.04. The Labute approximate surface area is 124 Å². The monoisotopic (exact) mass is 285 g/mol. The predicted molar refractivity (Wildman–Crippen MR) is 80.1 cm³/mol. The van der Waals surface area contributed by atoms with E-state index in [1.807, 2.05) is 18.2 Å². The molecule has 1 atom stereocenters. The highest BCUT2D eigenvalue weighted by molar-refractivity contribution is 5.95. The first-order valence-electron chi connectivity index (χ1n) is 7.51. The molecule has 0 bridgehead atoms. The fourth-order valence-electron chi connectivity index (χ4n) is 2.82. The molecule has 1 heterocycles. The molecule has 110 valence electrons. The lowest BCUT2D eigenvalue weighted by molar-refractivity contribution is -0.139. The Bertz CT molecular complexity index is 562. The van der Waals surface area contributed by atoms with Gasteiger partial charge in [0.25, 0.3) is 0 Å². The molecule has 0 N–H and O–H groups in total. The van der Waals surface area contributed by atoms with Gasteiger partial charge < -0.3 is 9.64 Å². The van der Waals surface area contributed by atoms with Gasteiger partial charge in [-0.2, -0.15) is 0 Å². The number of carbonyl (C=O) groups is 2. The van der Waals surface area contributed by atoms with Crippen molar-refractivity contribution in [1.82, 2.24) is 0 Å². The average molecular weight is 285 g/mol. The van der Waals surface area contributed by atoms with Crippen LogP contribution in [0.5, 0.6) is 5.75 Å². The third-order valence-corrected chi connectivity index (χ3v) is 4.04. The second kappa shape index (κ2) is 6.12. The molecule has 1 aliphatic heterocycles. The molecule has 0 spiro atoms. The van der Waals surface area contributed by atoms with Gasteiger partial charge in [-0.1, -0.05) is 12.2 Å². The molecule has 1 amide bonds. The second-order valence-corrected chi connectivity index (χ2v) is 5.55. The Morgan fingerprint density at radius 1 is 1.19 bits per heavy atom. The number of allylic oxidation sites excluding steroid dienone is 2. The van der Waals surface area contributed by atoms with E-state index in [0.29, 0.717) is 12.2 Å². The minimum Gasteiger partial charge on any atom is -0.426 e. The summed E-state index contributed by atoms with van der Waals surface area (Å²) in [5.41, 5.74) is 0.873. The fraction of sp³-hybridized carbons (Fsp3) is 0.412. The highest BCUT2D eigenvalue weighted by Crippen LogP contribution is 2.25. The van der Waals surface area contributed by atoms with Crippen LogP contribution in [-0.4, -0.2) is 18.4 Å². The molecular formula is C17H19NO3. The van der Waals surface area contributed by atoms with Crippen LogP contribution in [0, 0.1) is 5.92 Å². The van der Waals surface area contributed by atoms with E-state index in [-0.39, 0.29) is 17.8 Å². The van der Waals surface area contributed by atoms with Gasteiger partial charge in [0.15, 0.2) is 0 Å². The summed E-state index contributed by atoms with van der Waals surface area (Å²) in [4.78, 5) is 25.5. The van der Waals surface area contributed by atoms with Gasteiger partial charge in [-0.3, -0.25) is 9.59 Å². The van der Waals surface area contributed by atoms with Crippen LogP contribution in [0.15, 0.2) is 36.4 Å². The standard InChI is InChI=1S/C17H19NO3/c19-16-7-4-12-18(16)14-8-10-15(11-9-14)21-17(20)13-5-2-1-3-6-13/h1-2,8-11,13H,3-7,12H2. The van der Waals surface area contributed by atoms with E-state index in [1.165, 1.54) is 0 Å². The molecule has 0 radical (unpaired) electrons. The van der Waals surface area contributed by atoms with Crippen molar-refractivity contribution in [3.63, 3.8) is 0 Å². The molecule has 0 aromatic heterocycles. The largest absolute Gasteiger partial charge is 0.426 e. The number of ether oxygens (including phenoxy) is 1. The van der Waals surface area contributed by atoms with Crippen molar-refractivity contribution >= 4 is 17.6 Å². The van der Waals surface area contributed by atoms with Gasteiger partial charge in [-0.05, 0) is 49.9 Å². The summed E-state index contributed by atoms with van der Waals surface area (Å²) in [5, 5.41) is 0. The summed E-state index contributed by atoms with van der Waals surface area (Å²) in [6, 6.07) is 7.20. The molecule has 1 saturated heterocycles. The molecule has 21 heavy (non-hydrogen) atoms. The van der Waals surface area contributed by atoms with Gasteiger partial charge in [0.2, 0.25) is 5.91 Å². The number of amides is 1. The normalized spacial score (nSPS) is 21.6. The van der Waals surface area contributed by atoms with Crippen molar-refractivity contribution in [2.24, 2.45) is 5.92 Å². The van der Waals surface area contributed by atoms with E-state index in [2.05, 4.69) is 6.08 Å². The first-order valence-corrected chi connectivity index (χ1v) is 7.51. The van der Waals surface area contributed by atoms with Crippen LogP contribution < -0.4 is 9.64 Å². The van der Waals surface area contributed by atoms with Crippen LogP contribution in [-0.2, 0) is 9.59 Å². The van der Waals surface area contributed by atoms with Crippen molar-refractivity contribution in [3.8, 4) is 5.75 Å². The quantitative estimate of drug-likeness (QED) is 0.487. The molecule has 4 heteroatoms.